The van der Waals surface area contributed by atoms with E-state index in [4.69, 9.17) is 4.74 Å². The molecule has 1 aromatic carbocycles. The van der Waals surface area contributed by atoms with Gasteiger partial charge in [-0.15, -0.1) is 0 Å². The molecule has 26 heavy (non-hydrogen) atoms. The standard InChI is InChI=1S/C22H26N2O2/c1-26-21-13-17-7-4-6-16(17)12-19(21)15-24-11-5-8-18(14-24)22(25)20-9-2-3-10-23-20/h2-3,9-10,12-13,18H,4-8,11,14-15H2,1H3. The fourth-order valence-electron chi connectivity index (χ4n) is 4.34. The van der Waals surface area contributed by atoms with E-state index in [0.29, 0.717) is 5.69 Å². The zero-order valence-corrected chi connectivity index (χ0v) is 15.4. The van der Waals surface area contributed by atoms with Gasteiger partial charge in [0.1, 0.15) is 11.4 Å². The van der Waals surface area contributed by atoms with Crippen LogP contribution in [0.15, 0.2) is 36.5 Å². The molecule has 2 heterocycles. The lowest BCUT2D eigenvalue weighted by Crippen LogP contribution is -2.38. The van der Waals surface area contributed by atoms with Gasteiger partial charge >= 0.3 is 0 Å². The maximum Gasteiger partial charge on any atom is 0.185 e. The van der Waals surface area contributed by atoms with Gasteiger partial charge in [-0.1, -0.05) is 12.1 Å². The third-order valence-electron chi connectivity index (χ3n) is 5.68. The van der Waals surface area contributed by atoms with Gasteiger partial charge in [0.15, 0.2) is 5.78 Å². The Balaban J connectivity index is 1.48. The van der Waals surface area contributed by atoms with Crippen molar-refractivity contribution < 1.29 is 9.53 Å². The average Bonchev–Trinajstić information content (AvgIpc) is 3.15. The highest BCUT2D eigenvalue weighted by Gasteiger charge is 2.28. The number of Topliss-reactive ketones (excluding diaryl/α,β-unsaturated/α-hetero) is 1. The van der Waals surface area contributed by atoms with Crippen LogP contribution in [0.25, 0.3) is 0 Å². The van der Waals surface area contributed by atoms with E-state index in [2.05, 4.69) is 22.0 Å². The van der Waals surface area contributed by atoms with Crippen molar-refractivity contribution in [1.82, 2.24) is 9.88 Å². The van der Waals surface area contributed by atoms with Crippen LogP contribution in [-0.2, 0) is 19.4 Å². The number of piperidine rings is 1. The third-order valence-corrected chi connectivity index (χ3v) is 5.68. The Labute approximate surface area is 155 Å². The predicted molar refractivity (Wildman–Crippen MR) is 102 cm³/mol. The maximum absolute atomic E-state index is 12.8. The minimum absolute atomic E-state index is 0.0408. The van der Waals surface area contributed by atoms with Crippen LogP contribution in [0.2, 0.25) is 0 Å². The second-order valence-corrected chi connectivity index (χ2v) is 7.44. The molecule has 1 aromatic heterocycles. The van der Waals surface area contributed by atoms with Gasteiger partial charge in [0.2, 0.25) is 0 Å². The van der Waals surface area contributed by atoms with Crippen molar-refractivity contribution in [2.75, 3.05) is 20.2 Å². The quantitative estimate of drug-likeness (QED) is 0.772. The summed E-state index contributed by atoms with van der Waals surface area (Å²) in [6, 6.07) is 10.1. The number of carbonyl (C=O) groups excluding carboxylic acids is 1. The highest BCUT2D eigenvalue weighted by Crippen LogP contribution is 2.31. The normalized spacial score (nSPS) is 20.0. The van der Waals surface area contributed by atoms with Crippen molar-refractivity contribution >= 4 is 5.78 Å². The number of methoxy groups -OCH3 is 1. The molecule has 0 N–H and O–H groups in total. The van der Waals surface area contributed by atoms with Crippen molar-refractivity contribution in [3.63, 3.8) is 0 Å². The molecule has 4 nitrogen and oxygen atoms in total. The summed E-state index contributed by atoms with van der Waals surface area (Å²) in [7, 11) is 1.75. The molecule has 0 amide bonds. The van der Waals surface area contributed by atoms with E-state index in [0.717, 1.165) is 44.6 Å². The fourth-order valence-corrected chi connectivity index (χ4v) is 4.34. The number of pyridine rings is 1. The molecule has 4 rings (SSSR count). The summed E-state index contributed by atoms with van der Waals surface area (Å²) in [5, 5.41) is 0. The Kier molecular flexibility index (Phi) is 5.02. The number of fused-ring (bicyclic) bond motifs is 1. The van der Waals surface area contributed by atoms with Crippen LogP contribution < -0.4 is 4.74 Å². The molecule has 4 heteroatoms. The topological polar surface area (TPSA) is 42.4 Å². The first-order valence-electron chi connectivity index (χ1n) is 9.61. The van der Waals surface area contributed by atoms with Crippen molar-refractivity contribution in [2.24, 2.45) is 5.92 Å². The molecule has 0 saturated carbocycles. The van der Waals surface area contributed by atoms with E-state index in [9.17, 15) is 4.79 Å². The largest absolute Gasteiger partial charge is 0.496 e. The van der Waals surface area contributed by atoms with E-state index in [1.807, 2.05) is 18.2 Å². The summed E-state index contributed by atoms with van der Waals surface area (Å²) in [5.74, 6) is 1.21. The Morgan fingerprint density at radius 1 is 1.23 bits per heavy atom. The van der Waals surface area contributed by atoms with Crippen LogP contribution in [-0.4, -0.2) is 35.9 Å². The molecule has 136 valence electrons. The van der Waals surface area contributed by atoms with Crippen molar-refractivity contribution in [3.8, 4) is 5.75 Å². The number of ether oxygens (including phenoxy) is 1. The van der Waals surface area contributed by atoms with Gasteiger partial charge in [0.05, 0.1) is 7.11 Å². The molecule has 1 aliphatic heterocycles. The molecule has 2 aromatic rings. The molecule has 1 aliphatic carbocycles. The first-order valence-corrected chi connectivity index (χ1v) is 9.61. The SMILES string of the molecule is COc1cc2c(cc1CN1CCCC(C(=O)c3ccccn3)C1)CCC2. The molecule has 1 unspecified atom stereocenters. The molecule has 0 spiro atoms. The lowest BCUT2D eigenvalue weighted by atomic mass is 9.91. The first-order chi connectivity index (χ1) is 12.7. The van der Waals surface area contributed by atoms with Crippen molar-refractivity contribution in [2.45, 2.75) is 38.6 Å². The molecule has 1 fully saturated rings. The van der Waals surface area contributed by atoms with Gasteiger partial charge in [0.25, 0.3) is 0 Å². The molecule has 0 bridgehead atoms. The highest BCUT2D eigenvalue weighted by molar-refractivity contribution is 5.96. The van der Waals surface area contributed by atoms with E-state index in [1.54, 1.807) is 13.3 Å². The summed E-state index contributed by atoms with van der Waals surface area (Å²) in [5.41, 5.74) is 4.75. The number of aryl methyl sites for hydroxylation is 2. The monoisotopic (exact) mass is 350 g/mol. The van der Waals surface area contributed by atoms with E-state index >= 15 is 0 Å². The van der Waals surface area contributed by atoms with Gasteiger partial charge in [-0.2, -0.15) is 0 Å². The third kappa shape index (κ3) is 3.51. The van der Waals surface area contributed by atoms with Crippen molar-refractivity contribution in [1.29, 1.82) is 0 Å². The molecular weight excluding hydrogens is 324 g/mol. The number of nitrogens with zero attached hydrogens (tertiary/aromatic N) is 2. The lowest BCUT2D eigenvalue weighted by Gasteiger charge is -2.32. The van der Waals surface area contributed by atoms with Gasteiger partial charge in [0, 0.05) is 30.8 Å². The molecular formula is C22H26N2O2. The number of benzene rings is 1. The summed E-state index contributed by atoms with van der Waals surface area (Å²) >= 11 is 0. The number of likely N-dealkylation sites (tertiary alicyclic amines) is 1. The minimum Gasteiger partial charge on any atom is -0.496 e. The molecule has 0 radical (unpaired) electrons. The van der Waals surface area contributed by atoms with E-state index in [1.165, 1.54) is 29.5 Å². The second-order valence-electron chi connectivity index (χ2n) is 7.44. The van der Waals surface area contributed by atoms with Crippen LogP contribution in [0, 0.1) is 5.92 Å². The van der Waals surface area contributed by atoms with E-state index < -0.39 is 0 Å². The maximum atomic E-state index is 12.8. The fraction of sp³-hybridized carbons (Fsp3) is 0.455. The number of ketones is 1. The lowest BCUT2D eigenvalue weighted by molar-refractivity contribution is 0.0805. The number of rotatable bonds is 5. The molecule has 1 saturated heterocycles. The summed E-state index contributed by atoms with van der Waals surface area (Å²) in [6.45, 7) is 2.68. The zero-order valence-electron chi connectivity index (χ0n) is 15.4. The van der Waals surface area contributed by atoms with Crippen LogP contribution in [0.5, 0.6) is 5.75 Å². The van der Waals surface area contributed by atoms with Crippen LogP contribution in [0.3, 0.4) is 0 Å². The number of aromatic nitrogens is 1. The number of carbonyl (C=O) groups is 1. The van der Waals surface area contributed by atoms with Gasteiger partial charge in [-0.05, 0) is 68.0 Å². The first kappa shape index (κ1) is 17.2. The highest BCUT2D eigenvalue weighted by atomic mass is 16.5. The van der Waals surface area contributed by atoms with Crippen molar-refractivity contribution in [3.05, 3.63) is 58.9 Å². The summed E-state index contributed by atoms with van der Waals surface area (Å²) in [4.78, 5) is 19.4. The van der Waals surface area contributed by atoms with Gasteiger partial charge < -0.3 is 4.74 Å². The zero-order chi connectivity index (χ0) is 17.9. The molecule has 1 atom stereocenters. The summed E-state index contributed by atoms with van der Waals surface area (Å²) in [6.07, 6.45) is 7.28. The number of hydrogen-bond donors (Lipinski definition) is 0. The average molecular weight is 350 g/mol. The van der Waals surface area contributed by atoms with Crippen LogP contribution >= 0.6 is 0 Å². The Bertz CT molecular complexity index is 788. The van der Waals surface area contributed by atoms with Crippen LogP contribution in [0.1, 0.15) is 46.4 Å². The molecule has 2 aliphatic rings. The minimum atomic E-state index is 0.0408. The summed E-state index contributed by atoms with van der Waals surface area (Å²) < 4.78 is 5.65. The Morgan fingerprint density at radius 2 is 2.08 bits per heavy atom. The van der Waals surface area contributed by atoms with Gasteiger partial charge in [-0.25, -0.2) is 0 Å². The Morgan fingerprint density at radius 3 is 2.85 bits per heavy atom. The smallest absolute Gasteiger partial charge is 0.185 e. The Hall–Kier alpha value is -2.20. The predicted octanol–water partition coefficient (Wildman–Crippen LogP) is 3.67. The van der Waals surface area contributed by atoms with Crippen LogP contribution in [0.4, 0.5) is 0 Å². The number of hydrogen-bond acceptors (Lipinski definition) is 4. The second kappa shape index (κ2) is 7.58. The van der Waals surface area contributed by atoms with E-state index in [-0.39, 0.29) is 11.7 Å². The van der Waals surface area contributed by atoms with Gasteiger partial charge in [-0.3, -0.25) is 14.7 Å².